The van der Waals surface area contributed by atoms with Crippen molar-refractivity contribution in [3.63, 3.8) is 0 Å². The zero-order chi connectivity index (χ0) is 11.4. The molecule has 0 aliphatic rings. The van der Waals surface area contributed by atoms with Gasteiger partial charge in [-0.2, -0.15) is 0 Å². The van der Waals surface area contributed by atoms with E-state index in [1.165, 1.54) is 12.1 Å². The maximum atomic E-state index is 12.8. The van der Waals surface area contributed by atoms with Crippen molar-refractivity contribution < 1.29 is 19.2 Å². The topological polar surface area (TPSA) is 49.7 Å². The molecule has 1 aromatic rings. The van der Waals surface area contributed by atoms with E-state index in [0.29, 0.717) is 5.75 Å². The van der Waals surface area contributed by atoms with Crippen LogP contribution in [0.2, 0.25) is 0 Å². The summed E-state index contributed by atoms with van der Waals surface area (Å²) in [6.45, 7) is 3.81. The van der Waals surface area contributed by atoms with Gasteiger partial charge < -0.3 is 14.8 Å². The van der Waals surface area contributed by atoms with E-state index >= 15 is 0 Å². The number of benzene rings is 1. The van der Waals surface area contributed by atoms with Gasteiger partial charge in [0.15, 0.2) is 0 Å². The highest BCUT2D eigenvalue weighted by Gasteiger charge is 2.19. The van der Waals surface area contributed by atoms with Gasteiger partial charge in [0.25, 0.3) is 0 Å². The van der Waals surface area contributed by atoms with Gasteiger partial charge in [-0.25, -0.2) is 4.39 Å². The zero-order valence-corrected chi connectivity index (χ0v) is 8.77. The van der Waals surface area contributed by atoms with E-state index in [9.17, 15) is 4.39 Å². The van der Waals surface area contributed by atoms with Crippen LogP contribution < -0.4 is 10.2 Å². The van der Waals surface area contributed by atoms with Gasteiger partial charge in [-0.15, -0.1) is 0 Å². The van der Waals surface area contributed by atoms with E-state index in [0.717, 1.165) is 12.5 Å². The first-order valence-corrected chi connectivity index (χ1v) is 4.86. The highest BCUT2D eigenvalue weighted by Crippen LogP contribution is 2.12. The van der Waals surface area contributed by atoms with Crippen molar-refractivity contribution in [1.82, 2.24) is 0 Å². The predicted molar refractivity (Wildman–Crippen MR) is 56.6 cm³/mol. The first kappa shape index (κ1) is 12.0. The number of rotatable bonds is 4. The fourth-order valence-electron chi connectivity index (χ4n) is 1.13. The van der Waals surface area contributed by atoms with Gasteiger partial charge in [-0.05, 0) is 31.5 Å². The van der Waals surface area contributed by atoms with E-state index < -0.39 is 12.9 Å². The molecular formula is C10H14BFO3. The monoisotopic (exact) mass is 212 g/mol. The summed E-state index contributed by atoms with van der Waals surface area (Å²) in [5.74, 6) is -0.213. The average molecular weight is 212 g/mol. The van der Waals surface area contributed by atoms with Gasteiger partial charge in [-0.1, -0.05) is 6.92 Å². The largest absolute Gasteiger partial charge is 0.492 e. The summed E-state index contributed by atoms with van der Waals surface area (Å²) < 4.78 is 18.3. The third-order valence-corrected chi connectivity index (χ3v) is 2.15. The van der Waals surface area contributed by atoms with E-state index in [4.69, 9.17) is 14.8 Å². The molecule has 0 spiro atoms. The normalized spacial score (nSPS) is 12.3. The molecule has 0 aliphatic carbocycles. The Labute approximate surface area is 88.7 Å². The molecule has 82 valence electrons. The lowest BCUT2D eigenvalue weighted by molar-refractivity contribution is 0.218. The van der Waals surface area contributed by atoms with Crippen LogP contribution in [0.4, 0.5) is 4.39 Å². The molecule has 0 amide bonds. The number of hydrogen-bond acceptors (Lipinski definition) is 3. The summed E-state index contributed by atoms with van der Waals surface area (Å²) in [6, 6.07) is 3.68. The van der Waals surface area contributed by atoms with Crippen molar-refractivity contribution in [3.05, 3.63) is 24.0 Å². The SMILES string of the molecule is CCC(C)Oc1ccc(F)cc1B(O)O. The molecule has 1 atom stereocenters. The number of ether oxygens (including phenoxy) is 1. The Hall–Kier alpha value is -1.07. The van der Waals surface area contributed by atoms with Crippen LogP contribution in [0, 0.1) is 5.82 Å². The van der Waals surface area contributed by atoms with Gasteiger partial charge in [0.2, 0.25) is 0 Å². The number of hydrogen-bond donors (Lipinski definition) is 2. The molecule has 5 heteroatoms. The van der Waals surface area contributed by atoms with Gasteiger partial charge in [-0.3, -0.25) is 0 Å². The Morgan fingerprint density at radius 2 is 2.13 bits per heavy atom. The van der Waals surface area contributed by atoms with Crippen molar-refractivity contribution in [2.24, 2.45) is 0 Å². The van der Waals surface area contributed by atoms with Crippen molar-refractivity contribution in [3.8, 4) is 5.75 Å². The minimum absolute atomic E-state index is 0.0482. The van der Waals surface area contributed by atoms with E-state index in [2.05, 4.69) is 0 Å². The second-order valence-electron chi connectivity index (χ2n) is 3.39. The minimum Gasteiger partial charge on any atom is -0.491 e. The van der Waals surface area contributed by atoms with Gasteiger partial charge in [0.1, 0.15) is 11.6 Å². The summed E-state index contributed by atoms with van der Waals surface area (Å²) >= 11 is 0. The van der Waals surface area contributed by atoms with E-state index in [-0.39, 0.29) is 11.6 Å². The van der Waals surface area contributed by atoms with Crippen molar-refractivity contribution in [2.75, 3.05) is 0 Å². The molecular weight excluding hydrogens is 198 g/mol. The molecule has 0 saturated carbocycles. The standard InChI is InChI=1S/C10H14BFO3/c1-3-7(2)15-10-5-4-8(12)6-9(10)11(13)14/h4-7,13-14H,3H2,1-2H3. The zero-order valence-electron chi connectivity index (χ0n) is 8.77. The smallest absolute Gasteiger partial charge is 0.491 e. The molecule has 0 aromatic heterocycles. The molecule has 3 nitrogen and oxygen atoms in total. The Bertz CT molecular complexity index is 330. The quantitative estimate of drug-likeness (QED) is 0.721. The maximum absolute atomic E-state index is 12.8. The third kappa shape index (κ3) is 3.21. The molecule has 0 heterocycles. The van der Waals surface area contributed by atoms with Crippen LogP contribution >= 0.6 is 0 Å². The molecule has 15 heavy (non-hydrogen) atoms. The molecule has 0 radical (unpaired) electrons. The van der Waals surface area contributed by atoms with Crippen LogP contribution in [0.1, 0.15) is 20.3 Å². The van der Waals surface area contributed by atoms with E-state index in [1.54, 1.807) is 0 Å². The van der Waals surface area contributed by atoms with Crippen LogP contribution in [-0.2, 0) is 0 Å². The molecule has 0 bridgehead atoms. The van der Waals surface area contributed by atoms with Crippen molar-refractivity contribution in [2.45, 2.75) is 26.4 Å². The molecule has 1 rings (SSSR count). The van der Waals surface area contributed by atoms with Crippen LogP contribution in [-0.4, -0.2) is 23.3 Å². The molecule has 1 aromatic carbocycles. The highest BCUT2D eigenvalue weighted by molar-refractivity contribution is 6.59. The molecule has 0 saturated heterocycles. The molecule has 0 fully saturated rings. The summed E-state index contributed by atoms with van der Waals surface area (Å²) in [6.07, 6.45) is 0.742. The van der Waals surface area contributed by atoms with Crippen LogP contribution in [0.15, 0.2) is 18.2 Å². The first-order chi connectivity index (χ1) is 7.04. The first-order valence-electron chi connectivity index (χ1n) is 4.86. The van der Waals surface area contributed by atoms with Crippen LogP contribution in [0.25, 0.3) is 0 Å². The Morgan fingerprint density at radius 1 is 1.47 bits per heavy atom. The van der Waals surface area contributed by atoms with E-state index in [1.807, 2.05) is 13.8 Å². The minimum atomic E-state index is -1.72. The fourth-order valence-corrected chi connectivity index (χ4v) is 1.13. The second kappa shape index (κ2) is 5.14. The van der Waals surface area contributed by atoms with Crippen LogP contribution in [0.3, 0.4) is 0 Å². The predicted octanol–water partition coefficient (Wildman–Crippen LogP) is 0.683. The third-order valence-electron chi connectivity index (χ3n) is 2.15. The molecule has 0 aliphatic heterocycles. The fraction of sp³-hybridized carbons (Fsp3) is 0.400. The Balaban J connectivity index is 2.95. The Morgan fingerprint density at radius 3 is 2.67 bits per heavy atom. The number of halogens is 1. The lowest BCUT2D eigenvalue weighted by Gasteiger charge is -2.15. The average Bonchev–Trinajstić information content (AvgIpc) is 2.20. The van der Waals surface area contributed by atoms with Gasteiger partial charge in [0.05, 0.1) is 6.10 Å². The molecule has 2 N–H and O–H groups in total. The summed E-state index contributed by atoms with van der Waals surface area (Å²) in [5.41, 5.74) is 0.0512. The summed E-state index contributed by atoms with van der Waals surface area (Å²) in [7, 11) is -1.72. The van der Waals surface area contributed by atoms with Gasteiger partial charge in [0, 0.05) is 5.46 Å². The van der Waals surface area contributed by atoms with Gasteiger partial charge >= 0.3 is 7.12 Å². The summed E-state index contributed by atoms with van der Waals surface area (Å²) in [5, 5.41) is 18.0. The van der Waals surface area contributed by atoms with Crippen molar-refractivity contribution >= 4 is 12.6 Å². The second-order valence-corrected chi connectivity index (χ2v) is 3.39. The van der Waals surface area contributed by atoms with Crippen LogP contribution in [0.5, 0.6) is 5.75 Å². The lowest BCUT2D eigenvalue weighted by atomic mass is 9.79. The maximum Gasteiger partial charge on any atom is 0.492 e. The lowest BCUT2D eigenvalue weighted by Crippen LogP contribution is -2.32. The molecule has 1 unspecified atom stereocenters. The van der Waals surface area contributed by atoms with Crippen molar-refractivity contribution in [1.29, 1.82) is 0 Å². The summed E-state index contributed by atoms with van der Waals surface area (Å²) in [4.78, 5) is 0. The Kier molecular flexibility index (Phi) is 4.11. The highest BCUT2D eigenvalue weighted by atomic mass is 19.1.